The van der Waals surface area contributed by atoms with Crippen LogP contribution in [0.2, 0.25) is 0 Å². The summed E-state index contributed by atoms with van der Waals surface area (Å²) >= 11 is 0. The number of benzene rings is 1. The largest absolute Gasteiger partial charge is 0.395 e. The van der Waals surface area contributed by atoms with E-state index >= 15 is 0 Å². The second-order valence-corrected chi connectivity index (χ2v) is 4.74. The van der Waals surface area contributed by atoms with Crippen LogP contribution in [0.25, 0.3) is 0 Å². The first kappa shape index (κ1) is 16.3. The molecule has 0 heterocycles. The predicted molar refractivity (Wildman–Crippen MR) is 81.6 cm³/mol. The molecule has 0 unspecified atom stereocenters. The van der Waals surface area contributed by atoms with Crippen molar-refractivity contribution in [1.29, 1.82) is 0 Å². The van der Waals surface area contributed by atoms with Crippen LogP contribution in [0, 0.1) is 18.8 Å². The second kappa shape index (κ2) is 8.39. The number of carbonyl (C=O) groups is 1. The number of amides is 1. The fraction of sp³-hybridized carbons (Fsp3) is 0.471. The normalized spacial score (nSPS) is 10.1. The molecule has 0 aliphatic carbocycles. The quantitative estimate of drug-likeness (QED) is 0.810. The summed E-state index contributed by atoms with van der Waals surface area (Å²) in [6.45, 7) is 6.10. The molecule has 0 radical (unpaired) electrons. The minimum atomic E-state index is -0.0398. The summed E-state index contributed by atoms with van der Waals surface area (Å²) in [6, 6.07) is 5.78. The Morgan fingerprint density at radius 3 is 2.65 bits per heavy atom. The molecule has 1 aromatic carbocycles. The minimum absolute atomic E-state index is 0.0398. The van der Waals surface area contributed by atoms with E-state index in [-0.39, 0.29) is 18.6 Å². The third-order valence-corrected chi connectivity index (χ3v) is 3.36. The van der Waals surface area contributed by atoms with E-state index in [1.54, 1.807) is 0 Å². The Hall–Kier alpha value is -1.79. The standard InChI is InChI=1S/C17H23NO2/c1-4-15(5-2)18-17(20)16-11-8-10-14(13(16)3)9-6-7-12-19/h8,10-11,15,19H,4-5,7,12H2,1-3H3,(H,18,20). The molecule has 0 bridgehead atoms. The summed E-state index contributed by atoms with van der Waals surface area (Å²) in [6.07, 6.45) is 2.30. The number of aliphatic hydroxyl groups excluding tert-OH is 1. The van der Waals surface area contributed by atoms with Gasteiger partial charge in [-0.05, 0) is 37.5 Å². The zero-order valence-electron chi connectivity index (χ0n) is 12.5. The summed E-state index contributed by atoms with van der Waals surface area (Å²) in [4.78, 5) is 12.3. The first-order valence-corrected chi connectivity index (χ1v) is 7.14. The van der Waals surface area contributed by atoms with E-state index < -0.39 is 0 Å². The Kier molecular flexibility index (Phi) is 6.83. The molecule has 0 aromatic heterocycles. The molecule has 1 aromatic rings. The SMILES string of the molecule is CCC(CC)NC(=O)c1cccc(C#CCCO)c1C. The molecule has 108 valence electrons. The van der Waals surface area contributed by atoms with Crippen molar-refractivity contribution in [1.82, 2.24) is 5.32 Å². The van der Waals surface area contributed by atoms with E-state index in [4.69, 9.17) is 5.11 Å². The summed E-state index contributed by atoms with van der Waals surface area (Å²) in [5.41, 5.74) is 2.41. The van der Waals surface area contributed by atoms with Gasteiger partial charge in [0.2, 0.25) is 0 Å². The van der Waals surface area contributed by atoms with Gasteiger partial charge in [-0.15, -0.1) is 0 Å². The van der Waals surface area contributed by atoms with Crippen LogP contribution in [-0.4, -0.2) is 23.7 Å². The van der Waals surface area contributed by atoms with Crippen molar-refractivity contribution in [3.63, 3.8) is 0 Å². The average molecular weight is 273 g/mol. The molecule has 0 aliphatic heterocycles. The lowest BCUT2D eigenvalue weighted by Gasteiger charge is -2.16. The van der Waals surface area contributed by atoms with Crippen LogP contribution in [-0.2, 0) is 0 Å². The van der Waals surface area contributed by atoms with Crippen molar-refractivity contribution >= 4 is 5.91 Å². The van der Waals surface area contributed by atoms with E-state index in [0.29, 0.717) is 12.0 Å². The van der Waals surface area contributed by atoms with Crippen molar-refractivity contribution in [3.8, 4) is 11.8 Å². The van der Waals surface area contributed by atoms with Crippen molar-refractivity contribution in [2.45, 2.75) is 46.1 Å². The number of carbonyl (C=O) groups excluding carboxylic acids is 1. The third kappa shape index (κ3) is 4.40. The Bertz CT molecular complexity index is 507. The van der Waals surface area contributed by atoms with Crippen LogP contribution in [0.5, 0.6) is 0 Å². The van der Waals surface area contributed by atoms with Crippen LogP contribution >= 0.6 is 0 Å². The first-order valence-electron chi connectivity index (χ1n) is 7.14. The zero-order valence-corrected chi connectivity index (χ0v) is 12.5. The van der Waals surface area contributed by atoms with Gasteiger partial charge in [0.25, 0.3) is 5.91 Å². The van der Waals surface area contributed by atoms with Crippen molar-refractivity contribution < 1.29 is 9.90 Å². The maximum atomic E-state index is 12.3. The molecular weight excluding hydrogens is 250 g/mol. The zero-order chi connectivity index (χ0) is 15.0. The summed E-state index contributed by atoms with van der Waals surface area (Å²) in [7, 11) is 0. The van der Waals surface area contributed by atoms with Gasteiger partial charge in [-0.1, -0.05) is 31.8 Å². The number of nitrogens with one attached hydrogen (secondary N) is 1. The molecule has 0 saturated heterocycles. The van der Waals surface area contributed by atoms with Gasteiger partial charge >= 0.3 is 0 Å². The highest BCUT2D eigenvalue weighted by molar-refractivity contribution is 5.96. The molecule has 0 saturated carbocycles. The van der Waals surface area contributed by atoms with Gasteiger partial charge in [-0.2, -0.15) is 0 Å². The molecule has 1 amide bonds. The first-order chi connectivity index (χ1) is 9.63. The van der Waals surface area contributed by atoms with Crippen LogP contribution in [0.4, 0.5) is 0 Å². The van der Waals surface area contributed by atoms with E-state index in [9.17, 15) is 4.79 Å². The molecule has 0 fully saturated rings. The Labute approximate surface area is 121 Å². The second-order valence-electron chi connectivity index (χ2n) is 4.74. The number of hydrogen-bond acceptors (Lipinski definition) is 2. The molecule has 0 aliphatic rings. The molecule has 1 rings (SSSR count). The molecule has 0 atom stereocenters. The summed E-state index contributed by atoms with van der Waals surface area (Å²) in [5, 5.41) is 11.8. The van der Waals surface area contributed by atoms with Crippen LogP contribution in [0.15, 0.2) is 18.2 Å². The van der Waals surface area contributed by atoms with E-state index in [2.05, 4.69) is 31.0 Å². The summed E-state index contributed by atoms with van der Waals surface area (Å²) < 4.78 is 0. The van der Waals surface area contributed by atoms with Crippen molar-refractivity contribution in [2.75, 3.05) is 6.61 Å². The van der Waals surface area contributed by atoms with Gasteiger partial charge in [0.1, 0.15) is 0 Å². The lowest BCUT2D eigenvalue weighted by atomic mass is 10.0. The monoisotopic (exact) mass is 273 g/mol. The van der Waals surface area contributed by atoms with Gasteiger partial charge < -0.3 is 10.4 Å². The number of rotatable bonds is 5. The van der Waals surface area contributed by atoms with E-state index in [0.717, 1.165) is 24.0 Å². The lowest BCUT2D eigenvalue weighted by molar-refractivity contribution is 0.0934. The maximum Gasteiger partial charge on any atom is 0.251 e. The molecular formula is C17H23NO2. The van der Waals surface area contributed by atoms with Gasteiger partial charge in [-0.3, -0.25) is 4.79 Å². The smallest absolute Gasteiger partial charge is 0.251 e. The highest BCUT2D eigenvalue weighted by Gasteiger charge is 2.13. The van der Waals surface area contributed by atoms with Crippen LogP contribution < -0.4 is 5.32 Å². The summed E-state index contributed by atoms with van der Waals surface area (Å²) in [5.74, 6) is 5.85. The topological polar surface area (TPSA) is 49.3 Å². The Balaban J connectivity index is 2.94. The molecule has 3 nitrogen and oxygen atoms in total. The average Bonchev–Trinajstić information content (AvgIpc) is 2.46. The van der Waals surface area contributed by atoms with Gasteiger partial charge in [0, 0.05) is 23.6 Å². The highest BCUT2D eigenvalue weighted by atomic mass is 16.2. The predicted octanol–water partition coefficient (Wildman–Crippen LogP) is 2.65. The van der Waals surface area contributed by atoms with Crippen molar-refractivity contribution in [3.05, 3.63) is 34.9 Å². The van der Waals surface area contributed by atoms with E-state index in [1.165, 1.54) is 0 Å². The van der Waals surface area contributed by atoms with Gasteiger partial charge in [0.15, 0.2) is 0 Å². The molecule has 20 heavy (non-hydrogen) atoms. The Morgan fingerprint density at radius 1 is 1.35 bits per heavy atom. The third-order valence-electron chi connectivity index (χ3n) is 3.36. The van der Waals surface area contributed by atoms with Gasteiger partial charge in [0.05, 0.1) is 6.61 Å². The van der Waals surface area contributed by atoms with Gasteiger partial charge in [-0.25, -0.2) is 0 Å². The fourth-order valence-electron chi connectivity index (χ4n) is 1.99. The molecule has 0 spiro atoms. The molecule has 3 heteroatoms. The molecule has 2 N–H and O–H groups in total. The fourth-order valence-corrected chi connectivity index (χ4v) is 1.99. The number of aliphatic hydroxyl groups is 1. The highest BCUT2D eigenvalue weighted by Crippen LogP contribution is 2.13. The lowest BCUT2D eigenvalue weighted by Crippen LogP contribution is -2.34. The van der Waals surface area contributed by atoms with Crippen LogP contribution in [0.1, 0.15) is 54.6 Å². The Morgan fingerprint density at radius 2 is 2.05 bits per heavy atom. The van der Waals surface area contributed by atoms with E-state index in [1.807, 2.05) is 25.1 Å². The maximum absolute atomic E-state index is 12.3. The number of hydrogen-bond donors (Lipinski definition) is 2. The van der Waals surface area contributed by atoms with Crippen molar-refractivity contribution in [2.24, 2.45) is 0 Å². The van der Waals surface area contributed by atoms with Crippen LogP contribution in [0.3, 0.4) is 0 Å². The minimum Gasteiger partial charge on any atom is -0.395 e.